The van der Waals surface area contributed by atoms with Crippen LogP contribution in [0.3, 0.4) is 0 Å². The second kappa shape index (κ2) is 6.60. The fraction of sp³-hybridized carbons (Fsp3) is 0.278. The van der Waals surface area contributed by atoms with Gasteiger partial charge in [-0.15, -0.1) is 0 Å². The highest BCUT2D eigenvalue weighted by molar-refractivity contribution is 5.89. The lowest BCUT2D eigenvalue weighted by Crippen LogP contribution is -2.30. The molecule has 120 valence electrons. The number of hydrogen-bond donors (Lipinski definition) is 1. The molecule has 2 aromatic rings. The molecule has 1 N–H and O–H groups in total. The summed E-state index contributed by atoms with van der Waals surface area (Å²) in [5, 5.41) is 2.90. The number of anilines is 1. The van der Waals surface area contributed by atoms with Crippen LogP contribution in [-0.4, -0.2) is 31.2 Å². The van der Waals surface area contributed by atoms with Crippen LogP contribution in [0.1, 0.15) is 11.1 Å². The van der Waals surface area contributed by atoms with Crippen LogP contribution in [0.4, 0.5) is 10.5 Å². The summed E-state index contributed by atoms with van der Waals surface area (Å²) in [6.07, 6.45) is 0. The number of benzene rings is 2. The molecule has 3 rings (SSSR count). The molecule has 0 saturated heterocycles. The van der Waals surface area contributed by atoms with Crippen LogP contribution in [0.5, 0.6) is 11.5 Å². The number of carbonyl (C=O) groups is 1. The molecule has 0 saturated carbocycles. The number of amides is 2. The number of carbonyl (C=O) groups excluding carboxylic acids is 1. The quantitative estimate of drug-likeness (QED) is 0.944. The van der Waals surface area contributed by atoms with Gasteiger partial charge in [-0.1, -0.05) is 18.2 Å². The largest absolute Gasteiger partial charge is 0.486 e. The van der Waals surface area contributed by atoms with Gasteiger partial charge in [0.2, 0.25) is 0 Å². The van der Waals surface area contributed by atoms with Crippen LogP contribution in [-0.2, 0) is 6.54 Å². The molecule has 5 nitrogen and oxygen atoms in total. The second-order valence-electron chi connectivity index (χ2n) is 5.63. The molecule has 23 heavy (non-hydrogen) atoms. The first-order valence-electron chi connectivity index (χ1n) is 7.59. The molecule has 0 spiro atoms. The van der Waals surface area contributed by atoms with Crippen molar-refractivity contribution >= 4 is 11.7 Å². The number of aryl methyl sites for hydroxylation is 1. The van der Waals surface area contributed by atoms with Crippen molar-refractivity contribution in [1.82, 2.24) is 4.90 Å². The fourth-order valence-electron chi connectivity index (χ4n) is 2.47. The van der Waals surface area contributed by atoms with Crippen molar-refractivity contribution in [2.24, 2.45) is 0 Å². The summed E-state index contributed by atoms with van der Waals surface area (Å²) in [6.45, 7) is 3.62. The van der Waals surface area contributed by atoms with Gasteiger partial charge in [-0.25, -0.2) is 4.79 Å². The van der Waals surface area contributed by atoms with Crippen molar-refractivity contribution in [2.75, 3.05) is 25.6 Å². The van der Waals surface area contributed by atoms with E-state index in [2.05, 4.69) is 5.32 Å². The molecular formula is C18H20N2O3. The number of fused-ring (bicyclic) bond motifs is 1. The Hall–Kier alpha value is -2.69. The Kier molecular flexibility index (Phi) is 4.37. The number of nitrogens with one attached hydrogen (secondary N) is 1. The van der Waals surface area contributed by atoms with Crippen molar-refractivity contribution in [3.63, 3.8) is 0 Å². The molecule has 0 radical (unpaired) electrons. The average Bonchev–Trinajstić information content (AvgIpc) is 2.54. The summed E-state index contributed by atoms with van der Waals surface area (Å²) in [7, 11) is 1.77. The highest BCUT2D eigenvalue weighted by Gasteiger charge is 2.14. The van der Waals surface area contributed by atoms with E-state index in [0.717, 1.165) is 28.3 Å². The summed E-state index contributed by atoms with van der Waals surface area (Å²) in [4.78, 5) is 13.9. The molecule has 2 aromatic carbocycles. The Morgan fingerprint density at radius 1 is 1.13 bits per heavy atom. The molecule has 1 aliphatic rings. The van der Waals surface area contributed by atoms with E-state index in [1.807, 2.05) is 49.4 Å². The Morgan fingerprint density at radius 2 is 1.91 bits per heavy atom. The van der Waals surface area contributed by atoms with Gasteiger partial charge in [-0.2, -0.15) is 0 Å². The molecule has 0 atom stereocenters. The number of nitrogens with zero attached hydrogens (tertiary/aromatic N) is 1. The minimum atomic E-state index is -0.148. The minimum Gasteiger partial charge on any atom is -0.486 e. The van der Waals surface area contributed by atoms with Crippen molar-refractivity contribution in [3.05, 3.63) is 53.6 Å². The van der Waals surface area contributed by atoms with E-state index in [1.54, 1.807) is 11.9 Å². The molecule has 1 aliphatic heterocycles. The van der Waals surface area contributed by atoms with Gasteiger partial charge in [0, 0.05) is 19.3 Å². The first-order chi connectivity index (χ1) is 11.1. The fourth-order valence-corrected chi connectivity index (χ4v) is 2.47. The number of rotatable bonds is 3. The van der Waals surface area contributed by atoms with Gasteiger partial charge < -0.3 is 19.7 Å². The molecule has 0 aliphatic carbocycles. The van der Waals surface area contributed by atoms with Crippen molar-refractivity contribution < 1.29 is 14.3 Å². The van der Waals surface area contributed by atoms with E-state index in [4.69, 9.17) is 9.47 Å². The molecule has 1 heterocycles. The van der Waals surface area contributed by atoms with E-state index < -0.39 is 0 Å². The van der Waals surface area contributed by atoms with Gasteiger partial charge in [0.1, 0.15) is 13.2 Å². The van der Waals surface area contributed by atoms with Gasteiger partial charge >= 0.3 is 6.03 Å². The average molecular weight is 312 g/mol. The first kappa shape index (κ1) is 15.2. The zero-order valence-corrected chi connectivity index (χ0v) is 13.3. The molecule has 2 amide bonds. The smallest absolute Gasteiger partial charge is 0.321 e. The Labute approximate surface area is 135 Å². The third-order valence-corrected chi connectivity index (χ3v) is 3.64. The summed E-state index contributed by atoms with van der Waals surface area (Å²) in [5.74, 6) is 1.49. The van der Waals surface area contributed by atoms with Gasteiger partial charge in [0.25, 0.3) is 0 Å². The topological polar surface area (TPSA) is 50.8 Å². The summed E-state index contributed by atoms with van der Waals surface area (Å²) < 4.78 is 11.1. The maximum absolute atomic E-state index is 12.3. The molecule has 0 unspecified atom stereocenters. The molecule has 0 bridgehead atoms. The Morgan fingerprint density at radius 3 is 2.70 bits per heavy atom. The third kappa shape index (κ3) is 3.74. The molecule has 0 aromatic heterocycles. The van der Waals surface area contributed by atoms with E-state index in [-0.39, 0.29) is 6.03 Å². The molecule has 0 fully saturated rings. The standard InChI is InChI=1S/C18H20N2O3/c1-13-4-3-5-15(10-13)19-18(21)20(2)12-14-6-7-16-17(11-14)23-9-8-22-16/h3-7,10-11H,8-9,12H2,1-2H3,(H,19,21). The lowest BCUT2D eigenvalue weighted by molar-refractivity contribution is 0.171. The van der Waals surface area contributed by atoms with Crippen LogP contribution >= 0.6 is 0 Å². The minimum absolute atomic E-state index is 0.148. The van der Waals surface area contributed by atoms with Gasteiger partial charge in [-0.3, -0.25) is 0 Å². The normalized spacial score (nSPS) is 12.6. The Bertz CT molecular complexity index is 715. The van der Waals surface area contributed by atoms with Gasteiger partial charge in [0.15, 0.2) is 11.5 Å². The second-order valence-corrected chi connectivity index (χ2v) is 5.63. The third-order valence-electron chi connectivity index (χ3n) is 3.64. The lowest BCUT2D eigenvalue weighted by atomic mass is 10.2. The maximum atomic E-state index is 12.3. The lowest BCUT2D eigenvalue weighted by Gasteiger charge is -2.21. The van der Waals surface area contributed by atoms with Crippen LogP contribution < -0.4 is 14.8 Å². The zero-order chi connectivity index (χ0) is 16.2. The highest BCUT2D eigenvalue weighted by atomic mass is 16.6. The Balaban J connectivity index is 1.64. The number of hydrogen-bond acceptors (Lipinski definition) is 3. The van der Waals surface area contributed by atoms with Crippen molar-refractivity contribution in [2.45, 2.75) is 13.5 Å². The maximum Gasteiger partial charge on any atom is 0.321 e. The molecular weight excluding hydrogens is 292 g/mol. The van der Waals surface area contributed by atoms with Crippen molar-refractivity contribution in [3.8, 4) is 11.5 Å². The van der Waals surface area contributed by atoms with Crippen LogP contribution in [0.2, 0.25) is 0 Å². The predicted octanol–water partition coefficient (Wildman–Crippen LogP) is 3.43. The van der Waals surface area contributed by atoms with Gasteiger partial charge in [-0.05, 0) is 42.3 Å². The molecule has 5 heteroatoms. The van der Waals surface area contributed by atoms with E-state index in [9.17, 15) is 4.79 Å². The van der Waals surface area contributed by atoms with E-state index >= 15 is 0 Å². The highest BCUT2D eigenvalue weighted by Crippen LogP contribution is 2.31. The monoisotopic (exact) mass is 312 g/mol. The van der Waals surface area contributed by atoms with Crippen LogP contribution in [0.25, 0.3) is 0 Å². The van der Waals surface area contributed by atoms with E-state index in [1.165, 1.54) is 0 Å². The summed E-state index contributed by atoms with van der Waals surface area (Å²) in [5.41, 5.74) is 2.90. The SMILES string of the molecule is Cc1cccc(NC(=O)N(C)Cc2ccc3c(c2)OCCO3)c1. The number of urea groups is 1. The summed E-state index contributed by atoms with van der Waals surface area (Å²) >= 11 is 0. The van der Waals surface area contributed by atoms with Crippen LogP contribution in [0.15, 0.2) is 42.5 Å². The predicted molar refractivity (Wildman–Crippen MR) is 89.1 cm³/mol. The van der Waals surface area contributed by atoms with Gasteiger partial charge in [0.05, 0.1) is 0 Å². The zero-order valence-electron chi connectivity index (χ0n) is 13.3. The van der Waals surface area contributed by atoms with E-state index in [0.29, 0.717) is 19.8 Å². The van der Waals surface area contributed by atoms with Crippen molar-refractivity contribution in [1.29, 1.82) is 0 Å². The number of ether oxygens (including phenoxy) is 2. The summed E-state index contributed by atoms with van der Waals surface area (Å²) in [6, 6.07) is 13.3. The first-order valence-corrected chi connectivity index (χ1v) is 7.59. The van der Waals surface area contributed by atoms with Crippen LogP contribution in [0, 0.1) is 6.92 Å².